The zero-order chi connectivity index (χ0) is 25.2. The average molecular weight is 487 g/mol. The summed E-state index contributed by atoms with van der Waals surface area (Å²) in [5, 5.41) is 0.784. The maximum absolute atomic E-state index is 13.3. The SMILES string of the molecule is CCN1Cc2c(c(OCc3ccc(OC)cc3)c3ncc(Cc4ccc(F)cc4)cc3c2OC)C1=O. The summed E-state index contributed by atoms with van der Waals surface area (Å²) in [5.41, 5.74) is 4.76. The van der Waals surface area contributed by atoms with E-state index in [1.807, 2.05) is 37.3 Å². The standard InChI is InChI=1S/C29H27FN2O4/c1-4-32-16-24-25(29(32)33)28(36-17-19-7-11-22(34-2)12-8-19)26-23(27(24)35-3)14-20(15-31-26)13-18-5-9-21(30)10-6-18/h5-12,14-15H,4,13,16-17H2,1-3H3. The van der Waals surface area contributed by atoms with Crippen molar-refractivity contribution in [2.45, 2.75) is 26.5 Å². The van der Waals surface area contributed by atoms with E-state index in [0.717, 1.165) is 33.4 Å². The summed E-state index contributed by atoms with van der Waals surface area (Å²) in [6, 6.07) is 16.1. The van der Waals surface area contributed by atoms with E-state index in [0.29, 0.717) is 42.1 Å². The molecule has 0 atom stereocenters. The van der Waals surface area contributed by atoms with Crippen molar-refractivity contribution in [2.75, 3.05) is 20.8 Å². The minimum Gasteiger partial charge on any atom is -0.497 e. The summed E-state index contributed by atoms with van der Waals surface area (Å²) in [7, 11) is 3.23. The van der Waals surface area contributed by atoms with Crippen LogP contribution in [0.3, 0.4) is 0 Å². The predicted molar refractivity (Wildman–Crippen MR) is 135 cm³/mol. The molecule has 0 aliphatic carbocycles. The lowest BCUT2D eigenvalue weighted by Crippen LogP contribution is -2.23. The lowest BCUT2D eigenvalue weighted by molar-refractivity contribution is 0.0783. The van der Waals surface area contributed by atoms with Crippen LogP contribution in [0.1, 0.15) is 39.5 Å². The minimum atomic E-state index is -0.267. The smallest absolute Gasteiger partial charge is 0.258 e. The number of pyridine rings is 1. The molecule has 7 heteroatoms. The van der Waals surface area contributed by atoms with Crippen molar-refractivity contribution >= 4 is 16.8 Å². The van der Waals surface area contributed by atoms with E-state index in [-0.39, 0.29) is 18.3 Å². The normalized spacial score (nSPS) is 12.7. The topological polar surface area (TPSA) is 60.9 Å². The molecule has 0 spiro atoms. The third-order valence-corrected chi connectivity index (χ3v) is 6.51. The number of carbonyl (C=O) groups excluding carboxylic acids is 1. The third-order valence-electron chi connectivity index (χ3n) is 6.51. The molecular weight excluding hydrogens is 459 g/mol. The minimum absolute atomic E-state index is 0.0883. The number of hydrogen-bond donors (Lipinski definition) is 0. The van der Waals surface area contributed by atoms with Gasteiger partial charge in [0.05, 0.1) is 26.3 Å². The Bertz CT molecular complexity index is 1420. The highest BCUT2D eigenvalue weighted by atomic mass is 19.1. The molecule has 0 N–H and O–H groups in total. The molecule has 4 aromatic rings. The molecule has 1 aliphatic heterocycles. The Balaban J connectivity index is 1.59. The first-order chi connectivity index (χ1) is 17.5. The van der Waals surface area contributed by atoms with Crippen LogP contribution in [0.2, 0.25) is 0 Å². The van der Waals surface area contributed by atoms with Gasteiger partial charge in [0, 0.05) is 23.7 Å². The number of aromatic nitrogens is 1. The zero-order valence-corrected chi connectivity index (χ0v) is 20.5. The summed E-state index contributed by atoms with van der Waals surface area (Å²) in [5.74, 6) is 1.50. The molecule has 6 nitrogen and oxygen atoms in total. The van der Waals surface area contributed by atoms with Crippen LogP contribution >= 0.6 is 0 Å². The Kier molecular flexibility index (Phi) is 6.46. The van der Waals surface area contributed by atoms with Crippen LogP contribution in [0.4, 0.5) is 4.39 Å². The largest absolute Gasteiger partial charge is 0.497 e. The number of nitrogens with zero attached hydrogens (tertiary/aromatic N) is 2. The first-order valence-corrected chi connectivity index (χ1v) is 11.8. The van der Waals surface area contributed by atoms with Gasteiger partial charge >= 0.3 is 0 Å². The second-order valence-electron chi connectivity index (χ2n) is 8.71. The Hall–Kier alpha value is -4.13. The Morgan fingerprint density at radius 2 is 1.67 bits per heavy atom. The predicted octanol–water partition coefficient (Wildman–Crippen LogP) is 5.54. The van der Waals surface area contributed by atoms with Crippen LogP contribution < -0.4 is 14.2 Å². The van der Waals surface area contributed by atoms with Gasteiger partial charge < -0.3 is 19.1 Å². The van der Waals surface area contributed by atoms with E-state index < -0.39 is 0 Å². The number of carbonyl (C=O) groups is 1. The molecule has 0 fully saturated rings. The number of rotatable bonds is 8. The average Bonchev–Trinajstić information content (AvgIpc) is 3.24. The molecule has 2 heterocycles. The van der Waals surface area contributed by atoms with Gasteiger partial charge in [-0.15, -0.1) is 0 Å². The number of hydrogen-bond acceptors (Lipinski definition) is 5. The summed E-state index contributed by atoms with van der Waals surface area (Å²) in [6.07, 6.45) is 2.36. The summed E-state index contributed by atoms with van der Waals surface area (Å²) in [4.78, 5) is 19.8. The van der Waals surface area contributed by atoms with Gasteiger partial charge in [0.15, 0.2) is 5.75 Å². The molecule has 0 saturated carbocycles. The van der Waals surface area contributed by atoms with Crippen molar-refractivity contribution in [3.8, 4) is 17.2 Å². The quantitative estimate of drug-likeness (QED) is 0.327. The van der Waals surface area contributed by atoms with E-state index >= 15 is 0 Å². The van der Waals surface area contributed by atoms with E-state index in [4.69, 9.17) is 19.2 Å². The van der Waals surface area contributed by atoms with Gasteiger partial charge in [-0.3, -0.25) is 9.78 Å². The number of halogens is 1. The lowest BCUT2D eigenvalue weighted by Gasteiger charge is -2.17. The molecule has 0 bridgehead atoms. The van der Waals surface area contributed by atoms with Gasteiger partial charge in [-0.1, -0.05) is 24.3 Å². The van der Waals surface area contributed by atoms with Crippen molar-refractivity contribution in [1.29, 1.82) is 0 Å². The van der Waals surface area contributed by atoms with Crippen LogP contribution in [0.15, 0.2) is 60.8 Å². The lowest BCUT2D eigenvalue weighted by atomic mass is 9.99. The summed E-state index contributed by atoms with van der Waals surface area (Å²) >= 11 is 0. The number of methoxy groups -OCH3 is 2. The number of ether oxygens (including phenoxy) is 3. The first kappa shape index (κ1) is 23.6. The molecule has 184 valence electrons. The van der Waals surface area contributed by atoms with Crippen molar-refractivity contribution in [1.82, 2.24) is 9.88 Å². The van der Waals surface area contributed by atoms with Gasteiger partial charge in [-0.25, -0.2) is 4.39 Å². The maximum Gasteiger partial charge on any atom is 0.258 e. The molecule has 1 amide bonds. The van der Waals surface area contributed by atoms with E-state index in [9.17, 15) is 9.18 Å². The second-order valence-corrected chi connectivity index (χ2v) is 8.71. The highest BCUT2D eigenvalue weighted by Crippen LogP contribution is 2.44. The number of amides is 1. The zero-order valence-electron chi connectivity index (χ0n) is 20.5. The Morgan fingerprint density at radius 3 is 2.33 bits per heavy atom. The Labute approximate surface area is 209 Å². The Morgan fingerprint density at radius 1 is 0.944 bits per heavy atom. The molecule has 1 aromatic heterocycles. The molecule has 0 radical (unpaired) electrons. The monoisotopic (exact) mass is 486 g/mol. The number of fused-ring (bicyclic) bond motifs is 2. The highest BCUT2D eigenvalue weighted by Gasteiger charge is 2.35. The molecule has 3 aromatic carbocycles. The van der Waals surface area contributed by atoms with Crippen molar-refractivity contribution in [2.24, 2.45) is 0 Å². The fourth-order valence-electron chi connectivity index (χ4n) is 4.63. The summed E-state index contributed by atoms with van der Waals surface area (Å²) in [6.45, 7) is 3.25. The van der Waals surface area contributed by atoms with Crippen LogP contribution in [-0.4, -0.2) is 36.6 Å². The van der Waals surface area contributed by atoms with E-state index in [2.05, 4.69) is 0 Å². The van der Waals surface area contributed by atoms with Crippen LogP contribution in [0.25, 0.3) is 10.9 Å². The van der Waals surface area contributed by atoms with Crippen LogP contribution in [0.5, 0.6) is 17.2 Å². The van der Waals surface area contributed by atoms with Gasteiger partial charge in [0.25, 0.3) is 5.91 Å². The van der Waals surface area contributed by atoms with Gasteiger partial charge in [0.2, 0.25) is 0 Å². The maximum atomic E-state index is 13.3. The molecule has 1 aliphatic rings. The molecule has 5 rings (SSSR count). The fraction of sp³-hybridized carbons (Fsp3) is 0.241. The number of benzene rings is 3. The van der Waals surface area contributed by atoms with Crippen molar-refractivity contribution in [3.05, 3.63) is 94.4 Å². The highest BCUT2D eigenvalue weighted by molar-refractivity contribution is 6.09. The van der Waals surface area contributed by atoms with Crippen molar-refractivity contribution < 1.29 is 23.4 Å². The van der Waals surface area contributed by atoms with Crippen molar-refractivity contribution in [3.63, 3.8) is 0 Å². The van der Waals surface area contributed by atoms with E-state index in [1.165, 1.54) is 12.1 Å². The molecule has 0 unspecified atom stereocenters. The molecule has 36 heavy (non-hydrogen) atoms. The fourth-order valence-corrected chi connectivity index (χ4v) is 4.63. The summed E-state index contributed by atoms with van der Waals surface area (Å²) < 4.78 is 30.7. The van der Waals surface area contributed by atoms with Gasteiger partial charge in [-0.2, -0.15) is 0 Å². The van der Waals surface area contributed by atoms with Crippen LogP contribution in [0, 0.1) is 5.82 Å². The van der Waals surface area contributed by atoms with Gasteiger partial charge in [0.1, 0.15) is 29.4 Å². The molecular formula is C29H27FN2O4. The third kappa shape index (κ3) is 4.33. The first-order valence-electron chi connectivity index (χ1n) is 11.8. The van der Waals surface area contributed by atoms with Gasteiger partial charge in [-0.05, 0) is 60.4 Å². The van der Waals surface area contributed by atoms with Crippen LogP contribution in [-0.2, 0) is 19.6 Å². The van der Waals surface area contributed by atoms with E-state index in [1.54, 1.807) is 37.4 Å². The second kappa shape index (κ2) is 9.85. The molecule has 0 saturated heterocycles.